The van der Waals surface area contributed by atoms with Crippen molar-refractivity contribution in [3.8, 4) is 11.1 Å². The normalized spacial score (nSPS) is 11.6. The molecule has 0 radical (unpaired) electrons. The standard InChI is InChI=1S/C12H13ClN4O2S/c1-6-3-8(4-10(11(6)13)20(15,18)19)9-5-16-12(14)17-7(9)2/h3-5H,1-2H3,(H2,14,16,17)(H2,15,18,19). The van der Waals surface area contributed by atoms with Crippen LogP contribution in [-0.2, 0) is 10.0 Å². The molecule has 0 spiro atoms. The minimum Gasteiger partial charge on any atom is -0.368 e. The molecule has 1 aromatic heterocycles. The molecule has 1 heterocycles. The van der Waals surface area contributed by atoms with Gasteiger partial charge in [-0.1, -0.05) is 11.6 Å². The molecule has 1 aromatic carbocycles. The van der Waals surface area contributed by atoms with Gasteiger partial charge in [-0.05, 0) is 37.1 Å². The van der Waals surface area contributed by atoms with E-state index in [1.54, 1.807) is 19.9 Å². The number of sulfonamides is 1. The lowest BCUT2D eigenvalue weighted by Crippen LogP contribution is -2.13. The zero-order valence-electron chi connectivity index (χ0n) is 10.9. The maximum absolute atomic E-state index is 11.6. The SMILES string of the molecule is Cc1cc(-c2cnc(N)nc2C)cc(S(N)(=O)=O)c1Cl. The largest absolute Gasteiger partial charge is 0.368 e. The Balaban J connectivity index is 2.73. The lowest BCUT2D eigenvalue weighted by Gasteiger charge is -2.11. The Kier molecular flexibility index (Phi) is 3.68. The third-order valence-electron chi connectivity index (χ3n) is 2.84. The molecule has 0 unspecified atom stereocenters. The fourth-order valence-corrected chi connectivity index (χ4v) is 3.00. The maximum Gasteiger partial charge on any atom is 0.239 e. The van der Waals surface area contributed by atoms with E-state index in [0.717, 1.165) is 0 Å². The van der Waals surface area contributed by atoms with Crippen LogP contribution in [0.3, 0.4) is 0 Å². The Morgan fingerprint density at radius 3 is 2.45 bits per heavy atom. The average molecular weight is 313 g/mol. The quantitative estimate of drug-likeness (QED) is 0.875. The smallest absolute Gasteiger partial charge is 0.239 e. The summed E-state index contributed by atoms with van der Waals surface area (Å²) in [5.41, 5.74) is 8.03. The second kappa shape index (κ2) is 5.01. The topological polar surface area (TPSA) is 112 Å². The van der Waals surface area contributed by atoms with Gasteiger partial charge >= 0.3 is 0 Å². The minimum atomic E-state index is -3.90. The highest BCUT2D eigenvalue weighted by molar-refractivity contribution is 7.89. The number of hydrogen-bond donors (Lipinski definition) is 2. The van der Waals surface area contributed by atoms with Crippen molar-refractivity contribution in [3.05, 3.63) is 34.6 Å². The van der Waals surface area contributed by atoms with Crippen LogP contribution < -0.4 is 10.9 Å². The highest BCUT2D eigenvalue weighted by Crippen LogP contribution is 2.31. The fourth-order valence-electron chi connectivity index (χ4n) is 1.87. The summed E-state index contributed by atoms with van der Waals surface area (Å²) >= 11 is 5.99. The number of primary sulfonamides is 1. The summed E-state index contributed by atoms with van der Waals surface area (Å²) < 4.78 is 23.1. The van der Waals surface area contributed by atoms with Gasteiger partial charge in [-0.2, -0.15) is 0 Å². The van der Waals surface area contributed by atoms with Gasteiger partial charge in [0.2, 0.25) is 16.0 Å². The summed E-state index contributed by atoms with van der Waals surface area (Å²) in [5, 5.41) is 5.29. The molecular weight excluding hydrogens is 300 g/mol. The summed E-state index contributed by atoms with van der Waals surface area (Å²) in [6, 6.07) is 3.16. The van der Waals surface area contributed by atoms with E-state index < -0.39 is 10.0 Å². The molecule has 2 rings (SSSR count). The number of benzene rings is 1. The molecule has 20 heavy (non-hydrogen) atoms. The van der Waals surface area contributed by atoms with E-state index in [9.17, 15) is 8.42 Å². The zero-order valence-corrected chi connectivity index (χ0v) is 12.5. The van der Waals surface area contributed by atoms with Gasteiger partial charge in [-0.25, -0.2) is 23.5 Å². The molecule has 8 heteroatoms. The Labute approximate surface area is 121 Å². The molecule has 2 aromatic rings. The Morgan fingerprint density at radius 2 is 1.90 bits per heavy atom. The first kappa shape index (κ1) is 14.7. The Morgan fingerprint density at radius 1 is 1.25 bits per heavy atom. The van der Waals surface area contributed by atoms with Crippen molar-refractivity contribution in [3.63, 3.8) is 0 Å². The number of aromatic nitrogens is 2. The molecule has 0 atom stereocenters. The van der Waals surface area contributed by atoms with Crippen molar-refractivity contribution in [2.24, 2.45) is 5.14 Å². The number of anilines is 1. The van der Waals surface area contributed by atoms with Crippen molar-refractivity contribution in [2.75, 3.05) is 5.73 Å². The van der Waals surface area contributed by atoms with E-state index in [1.807, 2.05) is 0 Å². The van der Waals surface area contributed by atoms with Crippen LogP contribution >= 0.6 is 11.6 Å². The van der Waals surface area contributed by atoms with E-state index >= 15 is 0 Å². The van der Waals surface area contributed by atoms with E-state index in [1.165, 1.54) is 12.3 Å². The van der Waals surface area contributed by atoms with Crippen LogP contribution in [0, 0.1) is 13.8 Å². The highest BCUT2D eigenvalue weighted by atomic mass is 35.5. The molecule has 0 aliphatic rings. The molecule has 0 saturated heterocycles. The van der Waals surface area contributed by atoms with E-state index in [0.29, 0.717) is 22.4 Å². The van der Waals surface area contributed by atoms with Crippen molar-refractivity contribution in [1.82, 2.24) is 9.97 Å². The van der Waals surface area contributed by atoms with Gasteiger partial charge < -0.3 is 5.73 Å². The van der Waals surface area contributed by atoms with E-state index in [4.69, 9.17) is 22.5 Å². The van der Waals surface area contributed by atoms with Crippen LogP contribution in [-0.4, -0.2) is 18.4 Å². The van der Waals surface area contributed by atoms with Crippen LogP contribution in [0.5, 0.6) is 0 Å². The third-order valence-corrected chi connectivity index (χ3v) is 4.39. The molecule has 6 nitrogen and oxygen atoms in total. The summed E-state index contributed by atoms with van der Waals surface area (Å²) in [7, 11) is -3.90. The van der Waals surface area contributed by atoms with E-state index in [2.05, 4.69) is 9.97 Å². The minimum absolute atomic E-state index is 0.116. The average Bonchev–Trinajstić information content (AvgIpc) is 2.31. The van der Waals surface area contributed by atoms with Crippen molar-refractivity contribution in [1.29, 1.82) is 0 Å². The molecule has 0 bridgehead atoms. The summed E-state index contributed by atoms with van der Waals surface area (Å²) in [4.78, 5) is 7.84. The lowest BCUT2D eigenvalue weighted by atomic mass is 10.0. The second-order valence-electron chi connectivity index (χ2n) is 4.38. The first-order valence-electron chi connectivity index (χ1n) is 5.62. The van der Waals surface area contributed by atoms with Crippen molar-refractivity contribution >= 4 is 27.6 Å². The molecule has 0 fully saturated rings. The molecule has 4 N–H and O–H groups in total. The van der Waals surface area contributed by atoms with Gasteiger partial charge in [0.15, 0.2) is 0 Å². The van der Waals surface area contributed by atoms with Gasteiger partial charge in [-0.3, -0.25) is 0 Å². The van der Waals surface area contributed by atoms with Gasteiger partial charge in [0.05, 0.1) is 10.7 Å². The summed E-state index contributed by atoms with van der Waals surface area (Å²) in [6.07, 6.45) is 1.53. The number of halogens is 1. The molecular formula is C12H13ClN4O2S. The van der Waals surface area contributed by atoms with E-state index in [-0.39, 0.29) is 15.9 Å². The first-order valence-corrected chi connectivity index (χ1v) is 7.55. The zero-order chi connectivity index (χ0) is 15.1. The molecule has 0 aliphatic carbocycles. The van der Waals surface area contributed by atoms with Crippen LogP contribution in [0.4, 0.5) is 5.95 Å². The van der Waals surface area contributed by atoms with Crippen LogP contribution in [0.2, 0.25) is 5.02 Å². The summed E-state index contributed by atoms with van der Waals surface area (Å²) in [5.74, 6) is 0.156. The number of nitrogens with zero attached hydrogens (tertiary/aromatic N) is 2. The molecule has 106 valence electrons. The number of aryl methyl sites for hydroxylation is 2. The van der Waals surface area contributed by atoms with Crippen LogP contribution in [0.15, 0.2) is 23.2 Å². The van der Waals surface area contributed by atoms with Crippen LogP contribution in [0.25, 0.3) is 11.1 Å². The van der Waals surface area contributed by atoms with Gasteiger partial charge in [0.25, 0.3) is 0 Å². The fraction of sp³-hybridized carbons (Fsp3) is 0.167. The Hall–Kier alpha value is -1.70. The lowest BCUT2D eigenvalue weighted by molar-refractivity contribution is 0.598. The predicted octanol–water partition coefficient (Wildman–Crippen LogP) is 1.64. The highest BCUT2D eigenvalue weighted by Gasteiger charge is 2.17. The van der Waals surface area contributed by atoms with Crippen LogP contribution in [0.1, 0.15) is 11.3 Å². The van der Waals surface area contributed by atoms with Gasteiger partial charge in [0, 0.05) is 11.8 Å². The number of hydrogen-bond acceptors (Lipinski definition) is 5. The van der Waals surface area contributed by atoms with Crippen molar-refractivity contribution in [2.45, 2.75) is 18.7 Å². The predicted molar refractivity (Wildman–Crippen MR) is 77.7 cm³/mol. The monoisotopic (exact) mass is 312 g/mol. The number of nitrogen functional groups attached to an aromatic ring is 1. The maximum atomic E-state index is 11.6. The molecule has 0 aliphatic heterocycles. The molecule has 0 saturated carbocycles. The Bertz CT molecular complexity index is 790. The first-order chi connectivity index (χ1) is 9.20. The second-order valence-corrected chi connectivity index (χ2v) is 6.29. The van der Waals surface area contributed by atoms with Crippen molar-refractivity contribution < 1.29 is 8.42 Å². The third kappa shape index (κ3) is 2.74. The number of rotatable bonds is 2. The number of nitrogens with two attached hydrogens (primary N) is 2. The van der Waals surface area contributed by atoms with Gasteiger partial charge in [-0.15, -0.1) is 0 Å². The van der Waals surface area contributed by atoms with Gasteiger partial charge in [0.1, 0.15) is 4.90 Å². The molecule has 0 amide bonds. The summed E-state index contributed by atoms with van der Waals surface area (Å²) in [6.45, 7) is 3.46.